The van der Waals surface area contributed by atoms with Crippen molar-refractivity contribution in [3.63, 3.8) is 0 Å². The lowest BCUT2D eigenvalue weighted by atomic mass is 9.88. The third-order valence-electron chi connectivity index (χ3n) is 6.35. The molecule has 2 aliphatic rings. The molecule has 1 atom stereocenters. The van der Waals surface area contributed by atoms with Crippen LogP contribution in [0.3, 0.4) is 0 Å². The van der Waals surface area contributed by atoms with Gasteiger partial charge in [0, 0.05) is 18.5 Å². The van der Waals surface area contributed by atoms with E-state index in [9.17, 15) is 23.2 Å². The third-order valence-corrected chi connectivity index (χ3v) is 6.35. The number of aromatic nitrogens is 1. The predicted octanol–water partition coefficient (Wildman–Crippen LogP) is 4.28. The van der Waals surface area contributed by atoms with Gasteiger partial charge in [0.2, 0.25) is 0 Å². The third kappa shape index (κ3) is 4.46. The molecule has 1 saturated heterocycles. The molecule has 1 aliphatic carbocycles. The topological polar surface area (TPSA) is 114 Å². The molecule has 10 heteroatoms. The number of pyridine rings is 1. The molecule has 2 fully saturated rings. The number of alkyl halides is 3. The van der Waals surface area contributed by atoms with E-state index in [0.29, 0.717) is 31.0 Å². The van der Waals surface area contributed by atoms with E-state index in [1.54, 1.807) is 6.07 Å². The van der Waals surface area contributed by atoms with Gasteiger partial charge in [-0.3, -0.25) is 10.2 Å². The number of hydrogen-bond acceptors (Lipinski definition) is 5. The number of nitrogens with one attached hydrogen (secondary N) is 4. The van der Waals surface area contributed by atoms with E-state index in [4.69, 9.17) is 10.1 Å². The van der Waals surface area contributed by atoms with Crippen molar-refractivity contribution in [2.45, 2.75) is 49.2 Å². The van der Waals surface area contributed by atoms with Crippen LogP contribution in [0, 0.1) is 16.7 Å². The minimum Gasteiger partial charge on any atom is -0.379 e. The first kappa shape index (κ1) is 22.9. The number of ether oxygens (including phenoxy) is 1. The number of H-pyrrole nitrogens is 1. The summed E-state index contributed by atoms with van der Waals surface area (Å²) < 4.78 is 45.6. The van der Waals surface area contributed by atoms with Crippen molar-refractivity contribution in [1.29, 1.82) is 10.7 Å². The van der Waals surface area contributed by atoms with Crippen molar-refractivity contribution >= 4 is 17.2 Å². The average Bonchev–Trinajstić information content (AvgIpc) is 3.57. The van der Waals surface area contributed by atoms with Crippen molar-refractivity contribution in [2.24, 2.45) is 0 Å². The van der Waals surface area contributed by atoms with Crippen molar-refractivity contribution in [1.82, 2.24) is 4.98 Å². The van der Waals surface area contributed by atoms with Crippen LogP contribution in [0.4, 0.5) is 24.5 Å². The number of hydrogen-bond donors (Lipinski definition) is 4. The molecule has 174 valence electrons. The largest absolute Gasteiger partial charge is 0.398 e. The number of rotatable bonds is 6. The highest BCUT2D eigenvalue weighted by Gasteiger charge is 2.64. The van der Waals surface area contributed by atoms with Gasteiger partial charge in [0.1, 0.15) is 11.4 Å². The van der Waals surface area contributed by atoms with Gasteiger partial charge in [0.25, 0.3) is 5.56 Å². The smallest absolute Gasteiger partial charge is 0.379 e. The summed E-state index contributed by atoms with van der Waals surface area (Å²) in [5.41, 5.74) is -1.95. The predicted molar refractivity (Wildman–Crippen MR) is 118 cm³/mol. The first-order chi connectivity index (χ1) is 15.7. The maximum Gasteiger partial charge on any atom is 0.398 e. The lowest BCUT2D eigenvalue weighted by molar-refractivity contribution is -0.160. The van der Waals surface area contributed by atoms with Crippen LogP contribution in [0.15, 0.2) is 41.3 Å². The molecule has 4 rings (SSSR count). The molecular formula is C23H24F3N5O2. The highest BCUT2D eigenvalue weighted by molar-refractivity contribution is 6.09. The van der Waals surface area contributed by atoms with E-state index in [-0.39, 0.29) is 36.2 Å². The Labute approximate surface area is 188 Å². The molecule has 1 aliphatic heterocycles. The Morgan fingerprint density at radius 3 is 2.52 bits per heavy atom. The quantitative estimate of drug-likeness (QED) is 0.380. The van der Waals surface area contributed by atoms with E-state index in [0.717, 1.165) is 6.42 Å². The Bertz CT molecular complexity index is 1120. The molecule has 0 radical (unpaired) electrons. The van der Waals surface area contributed by atoms with Gasteiger partial charge in [-0.05, 0) is 49.4 Å². The summed E-state index contributed by atoms with van der Waals surface area (Å²) in [5.74, 6) is -0.215. The molecule has 1 aromatic heterocycles. The lowest BCUT2D eigenvalue weighted by Gasteiger charge is -2.37. The monoisotopic (exact) mass is 459 g/mol. The van der Waals surface area contributed by atoms with Crippen LogP contribution in [0.1, 0.15) is 43.2 Å². The Morgan fingerprint density at radius 1 is 1.21 bits per heavy atom. The normalized spacial score (nSPS) is 21.6. The van der Waals surface area contributed by atoms with Crippen molar-refractivity contribution in [3.05, 3.63) is 58.0 Å². The minimum atomic E-state index is -4.30. The zero-order valence-corrected chi connectivity index (χ0v) is 17.8. The second-order valence-corrected chi connectivity index (χ2v) is 8.65. The fraction of sp³-hybridized carbons (Fsp3) is 0.435. The molecule has 1 saturated carbocycles. The SMILES string of the molecule is N#CC[C@@]1(Nc2cc[nH]c(=O)c2C(=N)Nc2ccc(C3(C(F)(F)F)CC3)cc2)CCCOC1. The van der Waals surface area contributed by atoms with E-state index >= 15 is 0 Å². The number of anilines is 2. The number of amidine groups is 1. The molecule has 0 unspecified atom stereocenters. The summed E-state index contributed by atoms with van der Waals surface area (Å²) >= 11 is 0. The molecule has 1 aromatic carbocycles. The van der Waals surface area contributed by atoms with Crippen LogP contribution in [0.2, 0.25) is 0 Å². The van der Waals surface area contributed by atoms with Gasteiger partial charge in [-0.25, -0.2) is 0 Å². The van der Waals surface area contributed by atoms with Gasteiger partial charge >= 0.3 is 6.18 Å². The fourth-order valence-electron chi connectivity index (χ4n) is 4.34. The zero-order valence-electron chi connectivity index (χ0n) is 17.8. The fourth-order valence-corrected chi connectivity index (χ4v) is 4.34. The first-order valence-electron chi connectivity index (χ1n) is 10.7. The maximum atomic E-state index is 13.4. The average molecular weight is 459 g/mol. The molecule has 2 heterocycles. The minimum absolute atomic E-state index is 0.0402. The van der Waals surface area contributed by atoms with E-state index < -0.39 is 22.7 Å². The second-order valence-electron chi connectivity index (χ2n) is 8.65. The lowest BCUT2D eigenvalue weighted by Crippen LogP contribution is -2.46. The van der Waals surface area contributed by atoms with Crippen molar-refractivity contribution in [3.8, 4) is 6.07 Å². The molecule has 0 spiro atoms. The van der Waals surface area contributed by atoms with Crippen LogP contribution in [-0.2, 0) is 10.2 Å². The van der Waals surface area contributed by atoms with E-state index in [2.05, 4.69) is 21.7 Å². The van der Waals surface area contributed by atoms with Crippen LogP contribution in [-0.4, -0.2) is 35.7 Å². The van der Waals surface area contributed by atoms with Crippen LogP contribution in [0.5, 0.6) is 0 Å². The standard InChI is InChI=1S/C23H24F3N5O2/c24-23(25,26)22(8-9-22)15-2-4-16(5-3-15)30-19(28)18-17(6-12-29-20(18)32)31-21(10-11-27)7-1-13-33-14-21/h2-6,12H,1,7-10,13-14H2,(H2,28,30)(H2,29,31,32)/t21-/m0/s1. The first-order valence-corrected chi connectivity index (χ1v) is 10.7. The van der Waals surface area contributed by atoms with E-state index in [1.165, 1.54) is 30.5 Å². The molecular weight excluding hydrogens is 435 g/mol. The summed E-state index contributed by atoms with van der Waals surface area (Å²) in [4.78, 5) is 15.1. The van der Waals surface area contributed by atoms with Gasteiger partial charge in [-0.2, -0.15) is 18.4 Å². The number of aromatic amines is 1. The Balaban J connectivity index is 1.56. The van der Waals surface area contributed by atoms with Gasteiger partial charge in [-0.1, -0.05) is 12.1 Å². The maximum absolute atomic E-state index is 13.4. The highest BCUT2D eigenvalue weighted by atomic mass is 19.4. The summed E-state index contributed by atoms with van der Waals surface area (Å²) in [6.45, 7) is 0.899. The Hall–Kier alpha value is -3.32. The van der Waals surface area contributed by atoms with Crippen LogP contribution < -0.4 is 16.2 Å². The van der Waals surface area contributed by atoms with Gasteiger partial charge in [-0.15, -0.1) is 0 Å². The van der Waals surface area contributed by atoms with Crippen LogP contribution in [0.25, 0.3) is 0 Å². The molecule has 7 nitrogen and oxygen atoms in total. The number of nitriles is 1. The summed E-state index contributed by atoms with van der Waals surface area (Å²) in [5, 5.41) is 23.8. The zero-order chi connectivity index (χ0) is 23.7. The Kier molecular flexibility index (Phi) is 5.93. The summed E-state index contributed by atoms with van der Waals surface area (Å²) in [6.07, 6.45) is -1.10. The van der Waals surface area contributed by atoms with Gasteiger partial charge in [0.15, 0.2) is 0 Å². The number of nitrogens with zero attached hydrogens (tertiary/aromatic N) is 1. The number of halogens is 3. The highest BCUT2D eigenvalue weighted by Crippen LogP contribution is 2.58. The van der Waals surface area contributed by atoms with Crippen molar-refractivity contribution < 1.29 is 17.9 Å². The Morgan fingerprint density at radius 2 is 1.94 bits per heavy atom. The molecule has 2 aromatic rings. The second kappa shape index (κ2) is 8.56. The van der Waals surface area contributed by atoms with Gasteiger partial charge < -0.3 is 20.4 Å². The van der Waals surface area contributed by atoms with Crippen molar-refractivity contribution in [2.75, 3.05) is 23.8 Å². The summed E-state index contributed by atoms with van der Waals surface area (Å²) in [7, 11) is 0. The molecule has 0 bridgehead atoms. The molecule has 0 amide bonds. The van der Waals surface area contributed by atoms with Crippen LogP contribution >= 0.6 is 0 Å². The molecule has 4 N–H and O–H groups in total. The van der Waals surface area contributed by atoms with Gasteiger partial charge in [0.05, 0.1) is 35.7 Å². The van der Waals surface area contributed by atoms with E-state index in [1.807, 2.05) is 0 Å². The number of benzene rings is 1. The molecule has 33 heavy (non-hydrogen) atoms. The summed E-state index contributed by atoms with van der Waals surface area (Å²) in [6, 6.07) is 9.55.